The summed E-state index contributed by atoms with van der Waals surface area (Å²) >= 11 is 7.10. The number of carbonyl (C=O) groups excluding carboxylic acids is 1. The van der Waals surface area contributed by atoms with E-state index in [0.29, 0.717) is 47.7 Å². The second kappa shape index (κ2) is 10.1. The van der Waals surface area contributed by atoms with Crippen LogP contribution in [0.5, 0.6) is 0 Å². The molecule has 3 heterocycles. The van der Waals surface area contributed by atoms with Gasteiger partial charge in [-0.05, 0) is 42.1 Å². The number of halogens is 1. The average molecular weight is 540 g/mol. The lowest BCUT2D eigenvalue weighted by atomic mass is 10.1. The minimum atomic E-state index is -0.534. The van der Waals surface area contributed by atoms with Crippen LogP contribution in [0.25, 0.3) is 17.4 Å². The topological polar surface area (TPSA) is 135 Å². The number of carbonyl (C=O) groups is 1. The molecule has 11 nitrogen and oxygen atoms in total. The summed E-state index contributed by atoms with van der Waals surface area (Å²) in [4.78, 5) is 42.9. The average Bonchev–Trinajstić information content (AvgIpc) is 3.51. The van der Waals surface area contributed by atoms with E-state index in [0.717, 1.165) is 0 Å². The third-order valence-electron chi connectivity index (χ3n) is 5.90. The summed E-state index contributed by atoms with van der Waals surface area (Å²) in [6.45, 7) is 2.17. The number of anilines is 1. The highest BCUT2D eigenvalue weighted by Crippen LogP contribution is 2.36. The van der Waals surface area contributed by atoms with E-state index in [1.165, 1.54) is 36.0 Å². The van der Waals surface area contributed by atoms with Crippen LogP contribution in [0.2, 0.25) is 5.02 Å². The Bertz CT molecular complexity index is 1480. The standard InChI is InChI=1S/C24H18ClN5O6S/c25-15-5-7-17(20(13-15)30(34)35)21-8-6-16(36-21)14-22-23(31)26-24(37-22)28-11-9-27(10-12-28)18-3-1-2-4-19(18)29(32)33/h1-8,13-14H,9-12H2/b22-14+. The minimum Gasteiger partial charge on any atom is -0.456 e. The third kappa shape index (κ3) is 5.06. The molecule has 5 rings (SSSR count). The number of hydrogen-bond donors (Lipinski definition) is 0. The number of furan rings is 1. The van der Waals surface area contributed by atoms with E-state index in [4.69, 9.17) is 16.0 Å². The molecule has 1 amide bonds. The number of rotatable bonds is 5. The maximum Gasteiger partial charge on any atom is 0.292 e. The molecular weight excluding hydrogens is 522 g/mol. The Morgan fingerprint density at radius 1 is 0.946 bits per heavy atom. The van der Waals surface area contributed by atoms with Gasteiger partial charge in [-0.2, -0.15) is 4.99 Å². The minimum absolute atomic E-state index is 0.0608. The summed E-state index contributed by atoms with van der Waals surface area (Å²) in [5, 5.41) is 23.6. The highest BCUT2D eigenvalue weighted by Gasteiger charge is 2.30. The zero-order chi connectivity index (χ0) is 26.1. The molecule has 0 radical (unpaired) electrons. The molecule has 0 saturated carbocycles. The molecule has 0 aliphatic carbocycles. The molecule has 13 heteroatoms. The summed E-state index contributed by atoms with van der Waals surface area (Å²) in [5.41, 5.74) is 0.723. The van der Waals surface area contributed by atoms with Crippen LogP contribution in [-0.2, 0) is 4.79 Å². The molecule has 0 spiro atoms. The first-order valence-corrected chi connectivity index (χ1v) is 12.3. The van der Waals surface area contributed by atoms with Crippen LogP contribution in [-0.4, -0.2) is 52.0 Å². The number of piperazine rings is 1. The molecule has 2 aliphatic rings. The number of thioether (sulfide) groups is 1. The zero-order valence-electron chi connectivity index (χ0n) is 19.1. The molecule has 0 atom stereocenters. The molecule has 2 aromatic carbocycles. The lowest BCUT2D eigenvalue weighted by molar-refractivity contribution is -0.384. The van der Waals surface area contributed by atoms with Gasteiger partial charge in [0.25, 0.3) is 17.3 Å². The molecule has 0 bridgehead atoms. The van der Waals surface area contributed by atoms with Gasteiger partial charge in [0.1, 0.15) is 17.2 Å². The number of nitrogens with zero attached hydrogens (tertiary/aromatic N) is 5. The number of benzene rings is 2. The van der Waals surface area contributed by atoms with E-state index in [9.17, 15) is 25.0 Å². The predicted molar refractivity (Wildman–Crippen MR) is 141 cm³/mol. The Morgan fingerprint density at radius 3 is 2.38 bits per heavy atom. The Hall–Kier alpha value is -4.16. The second-order valence-corrected chi connectivity index (χ2v) is 9.60. The number of para-hydroxylation sites is 2. The number of amides is 1. The summed E-state index contributed by atoms with van der Waals surface area (Å²) in [6.07, 6.45) is 1.55. The van der Waals surface area contributed by atoms with Crippen LogP contribution in [0.3, 0.4) is 0 Å². The van der Waals surface area contributed by atoms with Crippen LogP contribution in [0.4, 0.5) is 17.1 Å². The van der Waals surface area contributed by atoms with Gasteiger partial charge in [0.2, 0.25) is 0 Å². The number of nitro groups is 2. The lowest BCUT2D eigenvalue weighted by Gasteiger charge is -2.36. The molecule has 1 fully saturated rings. The highest BCUT2D eigenvalue weighted by molar-refractivity contribution is 8.18. The van der Waals surface area contributed by atoms with Gasteiger partial charge in [0, 0.05) is 49.4 Å². The first-order chi connectivity index (χ1) is 17.8. The largest absolute Gasteiger partial charge is 0.456 e. The highest BCUT2D eigenvalue weighted by atomic mass is 35.5. The van der Waals surface area contributed by atoms with Crippen LogP contribution in [0.15, 0.2) is 68.9 Å². The molecule has 37 heavy (non-hydrogen) atoms. The van der Waals surface area contributed by atoms with Gasteiger partial charge >= 0.3 is 0 Å². The Kier molecular flexibility index (Phi) is 6.68. The van der Waals surface area contributed by atoms with E-state index in [-0.39, 0.29) is 32.6 Å². The van der Waals surface area contributed by atoms with Crippen LogP contribution >= 0.6 is 23.4 Å². The van der Waals surface area contributed by atoms with Gasteiger partial charge in [-0.25, -0.2) is 0 Å². The van der Waals surface area contributed by atoms with Crippen molar-refractivity contribution in [1.29, 1.82) is 0 Å². The molecule has 188 valence electrons. The van der Waals surface area contributed by atoms with Gasteiger partial charge in [0.15, 0.2) is 5.17 Å². The Morgan fingerprint density at radius 2 is 1.65 bits per heavy atom. The SMILES string of the molecule is O=C1N=C(N2CCN(c3ccccc3[N+](=O)[O-])CC2)S/C1=C/c1ccc(-c2ccc(Cl)cc2[N+](=O)[O-])o1. The van der Waals surface area contributed by atoms with Gasteiger partial charge in [-0.15, -0.1) is 0 Å². The third-order valence-corrected chi connectivity index (χ3v) is 7.18. The summed E-state index contributed by atoms with van der Waals surface area (Å²) in [5.74, 6) is 0.224. The van der Waals surface area contributed by atoms with Gasteiger partial charge in [0.05, 0.1) is 20.3 Å². The number of amidine groups is 1. The lowest BCUT2D eigenvalue weighted by Crippen LogP contribution is -2.48. The summed E-state index contributed by atoms with van der Waals surface area (Å²) < 4.78 is 5.77. The predicted octanol–water partition coefficient (Wildman–Crippen LogP) is 5.21. The van der Waals surface area contributed by atoms with Crippen molar-refractivity contribution in [3.63, 3.8) is 0 Å². The fourth-order valence-corrected chi connectivity index (χ4v) is 5.24. The van der Waals surface area contributed by atoms with Crippen LogP contribution in [0, 0.1) is 20.2 Å². The quantitative estimate of drug-likeness (QED) is 0.243. The Balaban J connectivity index is 1.27. The summed E-state index contributed by atoms with van der Waals surface area (Å²) in [6, 6.07) is 14.1. The molecule has 0 N–H and O–H groups in total. The van der Waals surface area contributed by atoms with Gasteiger partial charge in [-0.1, -0.05) is 23.7 Å². The van der Waals surface area contributed by atoms with Crippen molar-refractivity contribution in [2.45, 2.75) is 0 Å². The van der Waals surface area contributed by atoms with E-state index in [1.54, 1.807) is 36.4 Å². The number of nitro benzene ring substituents is 2. The van der Waals surface area contributed by atoms with Gasteiger partial charge < -0.3 is 14.2 Å². The molecule has 1 saturated heterocycles. The second-order valence-electron chi connectivity index (χ2n) is 8.15. The van der Waals surface area contributed by atoms with Gasteiger partial charge in [-0.3, -0.25) is 25.0 Å². The van der Waals surface area contributed by atoms with Crippen molar-refractivity contribution in [1.82, 2.24) is 4.90 Å². The van der Waals surface area contributed by atoms with E-state index in [2.05, 4.69) is 4.99 Å². The van der Waals surface area contributed by atoms with Crippen molar-refractivity contribution in [2.75, 3.05) is 31.1 Å². The van der Waals surface area contributed by atoms with Crippen LogP contribution < -0.4 is 4.90 Å². The molecule has 2 aliphatic heterocycles. The fourth-order valence-electron chi connectivity index (χ4n) is 4.13. The molecular formula is C24H18ClN5O6S. The smallest absolute Gasteiger partial charge is 0.292 e. The van der Waals surface area contributed by atoms with Crippen molar-refractivity contribution in [3.05, 3.63) is 90.5 Å². The maximum atomic E-state index is 12.6. The number of aliphatic imine (C=N–C) groups is 1. The van der Waals surface area contributed by atoms with Crippen LogP contribution in [0.1, 0.15) is 5.76 Å². The van der Waals surface area contributed by atoms with E-state index in [1.807, 2.05) is 9.80 Å². The molecule has 1 aromatic heterocycles. The normalized spacial score (nSPS) is 16.8. The first-order valence-electron chi connectivity index (χ1n) is 11.1. The monoisotopic (exact) mass is 539 g/mol. The zero-order valence-corrected chi connectivity index (χ0v) is 20.6. The summed E-state index contributed by atoms with van der Waals surface area (Å²) in [7, 11) is 0. The number of hydrogen-bond acceptors (Lipinski definition) is 9. The maximum absolute atomic E-state index is 12.6. The van der Waals surface area contributed by atoms with Crippen molar-refractivity contribution >= 4 is 57.6 Å². The van der Waals surface area contributed by atoms with Crippen molar-refractivity contribution in [2.24, 2.45) is 4.99 Å². The fraction of sp³-hybridized carbons (Fsp3) is 0.167. The van der Waals surface area contributed by atoms with Crippen molar-refractivity contribution < 1.29 is 19.1 Å². The van der Waals surface area contributed by atoms with E-state index >= 15 is 0 Å². The Labute approximate surface area is 219 Å². The van der Waals surface area contributed by atoms with E-state index < -0.39 is 10.8 Å². The first kappa shape index (κ1) is 24.5. The molecule has 3 aromatic rings. The van der Waals surface area contributed by atoms with Crippen molar-refractivity contribution in [3.8, 4) is 11.3 Å². The molecule has 0 unspecified atom stereocenters.